The minimum Gasteiger partial charge on any atom is -0.268 e. The Kier molecular flexibility index (Phi) is 5.94. The largest absolute Gasteiger partial charge is 0.270 e. The van der Waals surface area contributed by atoms with Crippen molar-refractivity contribution in [2.75, 3.05) is 4.90 Å². The molecule has 0 spiro atoms. The number of carbonyl (C=O) groups excluding carboxylic acids is 1. The SMILES string of the molecule is CCCCc1ccc(N2C(=O)C(=Cc3ccc(Cl)cc3)SC2=S)cc1. The van der Waals surface area contributed by atoms with Gasteiger partial charge in [0.25, 0.3) is 5.91 Å². The van der Waals surface area contributed by atoms with E-state index in [2.05, 4.69) is 19.1 Å². The Morgan fingerprint density at radius 2 is 1.80 bits per heavy atom. The maximum absolute atomic E-state index is 12.8. The predicted molar refractivity (Wildman–Crippen MR) is 112 cm³/mol. The fourth-order valence-electron chi connectivity index (χ4n) is 2.59. The summed E-state index contributed by atoms with van der Waals surface area (Å²) in [6.07, 6.45) is 5.26. The molecule has 0 unspecified atom stereocenters. The molecule has 0 atom stereocenters. The average molecular weight is 388 g/mol. The Labute approximate surface area is 162 Å². The molecule has 0 saturated carbocycles. The quantitative estimate of drug-likeness (QED) is 0.457. The van der Waals surface area contributed by atoms with Crippen LogP contribution in [0.5, 0.6) is 0 Å². The second kappa shape index (κ2) is 8.17. The van der Waals surface area contributed by atoms with Crippen LogP contribution in [0.3, 0.4) is 0 Å². The van der Waals surface area contributed by atoms with Crippen molar-refractivity contribution >= 4 is 57.6 Å². The molecule has 0 radical (unpaired) electrons. The summed E-state index contributed by atoms with van der Waals surface area (Å²) in [4.78, 5) is 15.0. The zero-order valence-corrected chi connectivity index (χ0v) is 16.3. The predicted octanol–water partition coefficient (Wildman–Crippen LogP) is 6.09. The van der Waals surface area contributed by atoms with E-state index in [0.29, 0.717) is 14.2 Å². The van der Waals surface area contributed by atoms with Gasteiger partial charge in [0.1, 0.15) is 0 Å². The van der Waals surface area contributed by atoms with Gasteiger partial charge >= 0.3 is 0 Å². The molecule has 5 heteroatoms. The molecule has 2 aromatic carbocycles. The van der Waals surface area contributed by atoms with Crippen LogP contribution >= 0.6 is 35.6 Å². The Bertz CT molecular complexity index is 813. The lowest BCUT2D eigenvalue weighted by Crippen LogP contribution is -2.27. The lowest BCUT2D eigenvalue weighted by molar-refractivity contribution is -0.113. The number of amides is 1. The number of halogens is 1. The standard InChI is InChI=1S/C20H18ClNOS2/c1-2-3-4-14-7-11-17(12-8-14)22-19(23)18(25-20(22)24)13-15-5-9-16(21)10-6-15/h5-13H,2-4H2,1H3. The van der Waals surface area contributed by atoms with Crippen molar-refractivity contribution in [1.82, 2.24) is 0 Å². The first-order valence-electron chi connectivity index (χ1n) is 8.21. The molecule has 0 N–H and O–H groups in total. The van der Waals surface area contributed by atoms with E-state index < -0.39 is 0 Å². The van der Waals surface area contributed by atoms with Crippen molar-refractivity contribution in [3.63, 3.8) is 0 Å². The number of thioether (sulfide) groups is 1. The van der Waals surface area contributed by atoms with Crippen molar-refractivity contribution in [3.8, 4) is 0 Å². The van der Waals surface area contributed by atoms with Crippen LogP contribution in [-0.4, -0.2) is 10.2 Å². The highest BCUT2D eigenvalue weighted by atomic mass is 35.5. The molecule has 1 fully saturated rings. The van der Waals surface area contributed by atoms with Gasteiger partial charge in [-0.15, -0.1) is 0 Å². The summed E-state index contributed by atoms with van der Waals surface area (Å²) in [5, 5.41) is 0.674. The molecule has 0 aromatic heterocycles. The van der Waals surface area contributed by atoms with E-state index in [4.69, 9.17) is 23.8 Å². The van der Waals surface area contributed by atoms with Gasteiger partial charge in [-0.25, -0.2) is 0 Å². The summed E-state index contributed by atoms with van der Waals surface area (Å²) < 4.78 is 0.562. The zero-order chi connectivity index (χ0) is 17.8. The smallest absolute Gasteiger partial charge is 0.268 e. The number of rotatable bonds is 5. The van der Waals surface area contributed by atoms with Gasteiger partial charge in [-0.05, 0) is 54.3 Å². The monoisotopic (exact) mass is 387 g/mol. The fourth-order valence-corrected chi connectivity index (χ4v) is 4.02. The van der Waals surface area contributed by atoms with E-state index in [1.807, 2.05) is 42.5 Å². The van der Waals surface area contributed by atoms with Gasteiger partial charge < -0.3 is 0 Å². The van der Waals surface area contributed by atoms with Crippen LogP contribution in [0.15, 0.2) is 53.4 Å². The lowest BCUT2D eigenvalue weighted by atomic mass is 10.1. The number of benzene rings is 2. The van der Waals surface area contributed by atoms with Crippen molar-refractivity contribution in [2.24, 2.45) is 0 Å². The first-order chi connectivity index (χ1) is 12.1. The Hall–Kier alpha value is -1.62. The minimum absolute atomic E-state index is 0.0775. The maximum atomic E-state index is 12.8. The second-order valence-corrected chi connectivity index (χ2v) is 7.95. The van der Waals surface area contributed by atoms with Crippen LogP contribution in [0.2, 0.25) is 5.02 Å². The first kappa shape index (κ1) is 18.2. The fraction of sp³-hybridized carbons (Fsp3) is 0.200. The van der Waals surface area contributed by atoms with Crippen LogP contribution < -0.4 is 4.90 Å². The van der Waals surface area contributed by atoms with Crippen molar-refractivity contribution < 1.29 is 4.79 Å². The lowest BCUT2D eigenvalue weighted by Gasteiger charge is -2.15. The van der Waals surface area contributed by atoms with Gasteiger partial charge in [-0.3, -0.25) is 9.69 Å². The molecular weight excluding hydrogens is 370 g/mol. The number of hydrogen-bond acceptors (Lipinski definition) is 3. The van der Waals surface area contributed by atoms with E-state index in [1.165, 1.54) is 30.2 Å². The van der Waals surface area contributed by atoms with E-state index in [0.717, 1.165) is 17.7 Å². The van der Waals surface area contributed by atoms with Gasteiger partial charge in [0, 0.05) is 5.02 Å². The number of thiocarbonyl (C=S) groups is 1. The number of aryl methyl sites for hydroxylation is 1. The topological polar surface area (TPSA) is 20.3 Å². The minimum atomic E-state index is -0.0775. The highest BCUT2D eigenvalue weighted by Gasteiger charge is 2.33. The normalized spacial score (nSPS) is 16.1. The average Bonchev–Trinajstić information content (AvgIpc) is 2.89. The Morgan fingerprint density at radius 3 is 2.44 bits per heavy atom. The number of hydrogen-bond donors (Lipinski definition) is 0. The molecule has 1 aliphatic rings. The summed E-state index contributed by atoms with van der Waals surface area (Å²) in [6, 6.07) is 15.5. The summed E-state index contributed by atoms with van der Waals surface area (Å²) in [5.74, 6) is -0.0775. The van der Waals surface area contributed by atoms with Crippen molar-refractivity contribution in [2.45, 2.75) is 26.2 Å². The van der Waals surface area contributed by atoms with Crippen molar-refractivity contribution in [1.29, 1.82) is 0 Å². The van der Waals surface area contributed by atoms with E-state index in [9.17, 15) is 4.79 Å². The molecule has 1 amide bonds. The third-order valence-corrected chi connectivity index (χ3v) is 5.53. The number of carbonyl (C=O) groups is 1. The van der Waals surface area contributed by atoms with E-state index in [1.54, 1.807) is 4.90 Å². The molecule has 25 heavy (non-hydrogen) atoms. The molecular formula is C20H18ClNOS2. The molecule has 128 valence electrons. The molecule has 2 nitrogen and oxygen atoms in total. The van der Waals surface area contributed by atoms with Crippen LogP contribution in [0.1, 0.15) is 30.9 Å². The maximum Gasteiger partial charge on any atom is 0.270 e. The van der Waals surface area contributed by atoms with Gasteiger partial charge in [-0.2, -0.15) is 0 Å². The van der Waals surface area contributed by atoms with Gasteiger partial charge in [0.05, 0.1) is 10.6 Å². The highest BCUT2D eigenvalue weighted by molar-refractivity contribution is 8.27. The Morgan fingerprint density at radius 1 is 1.12 bits per heavy atom. The summed E-state index contributed by atoms with van der Waals surface area (Å²) in [5.41, 5.74) is 3.04. The van der Waals surface area contributed by atoms with Gasteiger partial charge in [0.15, 0.2) is 4.32 Å². The number of unbranched alkanes of at least 4 members (excludes halogenated alkanes) is 1. The van der Waals surface area contributed by atoms with Crippen LogP contribution in [-0.2, 0) is 11.2 Å². The molecule has 2 aromatic rings. The van der Waals surface area contributed by atoms with Crippen LogP contribution in [0, 0.1) is 0 Å². The molecule has 1 aliphatic heterocycles. The summed E-state index contributed by atoms with van der Waals surface area (Å²) in [7, 11) is 0. The molecule has 3 rings (SSSR count). The first-order valence-corrected chi connectivity index (χ1v) is 9.81. The molecule has 1 heterocycles. The van der Waals surface area contributed by atoms with Gasteiger partial charge in [0.2, 0.25) is 0 Å². The van der Waals surface area contributed by atoms with Gasteiger partial charge in [-0.1, -0.05) is 73.2 Å². The van der Waals surface area contributed by atoms with E-state index >= 15 is 0 Å². The van der Waals surface area contributed by atoms with Crippen molar-refractivity contribution in [3.05, 3.63) is 69.6 Å². The van der Waals surface area contributed by atoms with E-state index in [-0.39, 0.29) is 5.91 Å². The summed E-state index contributed by atoms with van der Waals surface area (Å²) >= 11 is 12.7. The third kappa shape index (κ3) is 4.32. The Balaban J connectivity index is 1.80. The molecule has 0 bridgehead atoms. The highest BCUT2D eigenvalue weighted by Crippen LogP contribution is 2.36. The van der Waals surface area contributed by atoms with Crippen LogP contribution in [0.4, 0.5) is 5.69 Å². The third-order valence-electron chi connectivity index (χ3n) is 3.98. The number of nitrogens with zero attached hydrogens (tertiary/aromatic N) is 1. The summed E-state index contributed by atoms with van der Waals surface area (Å²) in [6.45, 7) is 2.18. The molecule has 0 aliphatic carbocycles. The zero-order valence-electron chi connectivity index (χ0n) is 13.9. The van der Waals surface area contributed by atoms with Crippen LogP contribution in [0.25, 0.3) is 6.08 Å². The second-order valence-electron chi connectivity index (χ2n) is 5.84. The number of anilines is 1. The molecule has 1 saturated heterocycles.